The second kappa shape index (κ2) is 6.36. The molecule has 0 atom stereocenters. The summed E-state index contributed by atoms with van der Waals surface area (Å²) in [6, 6.07) is 3.02. The van der Waals surface area contributed by atoms with Crippen molar-refractivity contribution in [1.29, 1.82) is 0 Å². The summed E-state index contributed by atoms with van der Waals surface area (Å²) in [5.41, 5.74) is -0.618. The molecule has 0 aliphatic rings. The Bertz CT molecular complexity index is 601. The highest BCUT2D eigenvalue weighted by Gasteiger charge is 2.35. The van der Waals surface area contributed by atoms with Crippen LogP contribution in [0.3, 0.4) is 0 Å². The summed E-state index contributed by atoms with van der Waals surface area (Å²) in [6.07, 6.45) is 1.53. The van der Waals surface area contributed by atoms with E-state index >= 15 is 0 Å². The molecule has 0 fully saturated rings. The predicted molar refractivity (Wildman–Crippen MR) is 88.0 cm³/mol. The maximum absolute atomic E-state index is 12.8. The van der Waals surface area contributed by atoms with E-state index in [1.165, 1.54) is 22.5 Å². The molecule has 0 unspecified atom stereocenters. The van der Waals surface area contributed by atoms with Crippen LogP contribution in [0.1, 0.15) is 20.8 Å². The van der Waals surface area contributed by atoms with Crippen molar-refractivity contribution >= 4 is 49.2 Å². The first-order valence-electron chi connectivity index (χ1n) is 5.80. The van der Waals surface area contributed by atoms with Crippen molar-refractivity contribution in [2.75, 3.05) is 6.54 Å². The van der Waals surface area contributed by atoms with Crippen molar-refractivity contribution in [1.82, 2.24) is 4.31 Å². The SMILES string of the molecule is C=CCN(C(C)(C)C)S(=O)(=O)c1c(Cl)cc(Br)cc1Cl. The van der Waals surface area contributed by atoms with Gasteiger partial charge < -0.3 is 0 Å². The Morgan fingerprint density at radius 1 is 1.30 bits per heavy atom. The minimum Gasteiger partial charge on any atom is -0.207 e. The first kappa shape index (κ1) is 18.0. The maximum atomic E-state index is 12.8. The molecule has 0 aliphatic heterocycles. The van der Waals surface area contributed by atoms with E-state index in [4.69, 9.17) is 23.2 Å². The van der Waals surface area contributed by atoms with Gasteiger partial charge in [0.05, 0.1) is 10.0 Å². The topological polar surface area (TPSA) is 37.4 Å². The van der Waals surface area contributed by atoms with E-state index in [9.17, 15) is 8.42 Å². The summed E-state index contributed by atoms with van der Waals surface area (Å²) in [5, 5.41) is 0.172. The maximum Gasteiger partial charge on any atom is 0.246 e. The molecule has 7 heteroatoms. The van der Waals surface area contributed by atoms with Gasteiger partial charge in [-0.1, -0.05) is 45.2 Å². The van der Waals surface area contributed by atoms with Gasteiger partial charge in [0.15, 0.2) is 0 Å². The second-order valence-corrected chi connectivity index (χ2v) is 8.72. The number of nitrogens with zero attached hydrogens (tertiary/aromatic N) is 1. The highest BCUT2D eigenvalue weighted by Crippen LogP contribution is 2.36. The van der Waals surface area contributed by atoms with E-state index < -0.39 is 15.6 Å². The molecule has 0 aromatic heterocycles. The van der Waals surface area contributed by atoms with Crippen molar-refractivity contribution in [3.05, 3.63) is 39.3 Å². The molecule has 0 saturated heterocycles. The number of rotatable bonds is 4. The van der Waals surface area contributed by atoms with Crippen LogP contribution in [0.5, 0.6) is 0 Å². The standard InChI is InChI=1S/C13H16BrCl2NO2S/c1-5-6-17(13(2,3)4)20(18,19)12-10(15)7-9(14)8-11(12)16/h5,7-8H,1,6H2,2-4H3. The molecule has 20 heavy (non-hydrogen) atoms. The predicted octanol–water partition coefficient (Wildman–Crippen LogP) is 4.73. The van der Waals surface area contributed by atoms with Gasteiger partial charge in [0, 0.05) is 16.6 Å². The van der Waals surface area contributed by atoms with E-state index in [2.05, 4.69) is 22.5 Å². The lowest BCUT2D eigenvalue weighted by atomic mass is 10.1. The van der Waals surface area contributed by atoms with E-state index in [-0.39, 0.29) is 21.5 Å². The summed E-state index contributed by atoms with van der Waals surface area (Å²) < 4.78 is 27.6. The van der Waals surface area contributed by atoms with Crippen LogP contribution in [0.25, 0.3) is 0 Å². The lowest BCUT2D eigenvalue weighted by Crippen LogP contribution is -2.45. The van der Waals surface area contributed by atoms with Gasteiger partial charge in [0.1, 0.15) is 4.90 Å². The van der Waals surface area contributed by atoms with Gasteiger partial charge in [-0.2, -0.15) is 4.31 Å². The monoisotopic (exact) mass is 399 g/mol. The Morgan fingerprint density at radius 3 is 2.10 bits per heavy atom. The summed E-state index contributed by atoms with van der Waals surface area (Å²) in [7, 11) is -3.82. The molecule has 112 valence electrons. The third-order valence-corrected chi connectivity index (χ3v) is 6.07. The minimum absolute atomic E-state index is 0.0826. The highest BCUT2D eigenvalue weighted by atomic mass is 79.9. The largest absolute Gasteiger partial charge is 0.246 e. The fraction of sp³-hybridized carbons (Fsp3) is 0.385. The van der Waals surface area contributed by atoms with Crippen LogP contribution in [0.2, 0.25) is 10.0 Å². The van der Waals surface area contributed by atoms with Crippen LogP contribution in [-0.4, -0.2) is 24.8 Å². The molecular formula is C13H16BrCl2NO2S. The van der Waals surface area contributed by atoms with Gasteiger partial charge in [0.25, 0.3) is 0 Å². The zero-order valence-corrected chi connectivity index (χ0v) is 15.4. The summed E-state index contributed by atoms with van der Waals surface area (Å²) >= 11 is 15.4. The Morgan fingerprint density at radius 2 is 1.75 bits per heavy atom. The lowest BCUT2D eigenvalue weighted by molar-refractivity contribution is 0.270. The van der Waals surface area contributed by atoms with Gasteiger partial charge >= 0.3 is 0 Å². The third-order valence-electron chi connectivity index (χ3n) is 2.55. The number of hydrogen-bond donors (Lipinski definition) is 0. The quantitative estimate of drug-likeness (QED) is 0.685. The number of sulfonamides is 1. The lowest BCUT2D eigenvalue weighted by Gasteiger charge is -2.34. The highest BCUT2D eigenvalue weighted by molar-refractivity contribution is 9.10. The molecule has 0 N–H and O–H groups in total. The van der Waals surface area contributed by atoms with Crippen molar-refractivity contribution < 1.29 is 8.42 Å². The molecule has 0 heterocycles. The van der Waals surface area contributed by atoms with Gasteiger partial charge in [0.2, 0.25) is 10.0 Å². The van der Waals surface area contributed by atoms with Crippen molar-refractivity contribution in [2.45, 2.75) is 31.2 Å². The molecule has 1 aromatic rings. The van der Waals surface area contributed by atoms with Crippen molar-refractivity contribution in [3.8, 4) is 0 Å². The van der Waals surface area contributed by atoms with Crippen LogP contribution in [0.15, 0.2) is 34.2 Å². The molecule has 0 aliphatic carbocycles. The number of benzene rings is 1. The fourth-order valence-electron chi connectivity index (χ4n) is 1.74. The first-order valence-corrected chi connectivity index (χ1v) is 8.79. The van der Waals surface area contributed by atoms with Gasteiger partial charge in [-0.3, -0.25) is 0 Å². The van der Waals surface area contributed by atoms with E-state index in [1.807, 2.05) is 0 Å². The van der Waals surface area contributed by atoms with Crippen LogP contribution in [0.4, 0.5) is 0 Å². The minimum atomic E-state index is -3.82. The molecular weight excluding hydrogens is 385 g/mol. The molecule has 0 bridgehead atoms. The zero-order chi connectivity index (χ0) is 15.7. The Hall–Kier alpha value is -0.0700. The molecule has 0 amide bonds. The van der Waals surface area contributed by atoms with Crippen LogP contribution < -0.4 is 0 Å². The van der Waals surface area contributed by atoms with Crippen molar-refractivity contribution in [3.63, 3.8) is 0 Å². The molecule has 0 saturated carbocycles. The first-order chi connectivity index (χ1) is 9.01. The number of halogens is 3. The van der Waals surface area contributed by atoms with Crippen molar-refractivity contribution in [2.24, 2.45) is 0 Å². The third kappa shape index (κ3) is 3.77. The second-order valence-electron chi connectivity index (χ2n) is 5.19. The van der Waals surface area contributed by atoms with E-state index in [1.54, 1.807) is 20.8 Å². The normalized spacial score (nSPS) is 12.8. The average Bonchev–Trinajstić information content (AvgIpc) is 2.21. The van der Waals surface area contributed by atoms with Crippen LogP contribution in [-0.2, 0) is 10.0 Å². The molecule has 1 aromatic carbocycles. The molecule has 3 nitrogen and oxygen atoms in total. The summed E-state index contributed by atoms with van der Waals surface area (Å²) in [6.45, 7) is 9.18. The van der Waals surface area contributed by atoms with E-state index in [0.29, 0.717) is 4.47 Å². The smallest absolute Gasteiger partial charge is 0.207 e. The Kier molecular flexibility index (Phi) is 5.72. The van der Waals surface area contributed by atoms with Gasteiger partial charge in [-0.15, -0.1) is 6.58 Å². The Balaban J connectivity index is 3.53. The molecule has 0 radical (unpaired) electrons. The van der Waals surface area contributed by atoms with E-state index in [0.717, 1.165) is 0 Å². The fourth-order valence-corrected chi connectivity index (χ4v) is 5.38. The van der Waals surface area contributed by atoms with Crippen LogP contribution in [0, 0.1) is 0 Å². The zero-order valence-electron chi connectivity index (χ0n) is 11.5. The average molecular weight is 401 g/mol. The van der Waals surface area contributed by atoms with Gasteiger partial charge in [-0.05, 0) is 32.9 Å². The molecule has 0 spiro atoms. The Labute approximate surface area is 138 Å². The number of hydrogen-bond acceptors (Lipinski definition) is 2. The molecule has 1 rings (SSSR count). The van der Waals surface area contributed by atoms with Crippen LogP contribution >= 0.6 is 39.1 Å². The van der Waals surface area contributed by atoms with Gasteiger partial charge in [-0.25, -0.2) is 8.42 Å². The summed E-state index contributed by atoms with van der Waals surface area (Å²) in [5.74, 6) is 0. The summed E-state index contributed by atoms with van der Waals surface area (Å²) in [4.78, 5) is -0.0826.